The highest BCUT2D eigenvalue weighted by Crippen LogP contribution is 2.33. The van der Waals surface area contributed by atoms with Gasteiger partial charge in [-0.25, -0.2) is 17.6 Å². The standard InChI is InChI=1S/C28H24F4N4O2/c1-16(19-7-3-5-17(25(19)31)6-4-12-37)15-35-28(36-33-2)21-13-18(8-9-22(21)29)38-27-23(30)14-24-20(26(27)32)10-11-34-24/h3,5,7-14,16,34H,2,4,6,15H2,1H3,(H,35,36). The van der Waals surface area contributed by atoms with Crippen LogP contribution >= 0.6 is 0 Å². The molecule has 3 aromatic carbocycles. The van der Waals surface area contributed by atoms with E-state index in [0.717, 1.165) is 18.4 Å². The number of aldehydes is 1. The lowest BCUT2D eigenvalue weighted by Crippen LogP contribution is -2.21. The van der Waals surface area contributed by atoms with Crippen LogP contribution in [0.5, 0.6) is 11.5 Å². The van der Waals surface area contributed by atoms with Crippen LogP contribution in [0.25, 0.3) is 10.9 Å². The van der Waals surface area contributed by atoms with Crippen LogP contribution in [-0.2, 0) is 11.2 Å². The van der Waals surface area contributed by atoms with E-state index < -0.39 is 34.9 Å². The number of fused-ring (bicyclic) bond motifs is 1. The highest BCUT2D eigenvalue weighted by atomic mass is 19.1. The Morgan fingerprint density at radius 1 is 1.11 bits per heavy atom. The lowest BCUT2D eigenvalue weighted by atomic mass is 9.96. The van der Waals surface area contributed by atoms with E-state index in [0.29, 0.717) is 11.1 Å². The zero-order valence-corrected chi connectivity index (χ0v) is 20.4. The van der Waals surface area contributed by atoms with Crippen molar-refractivity contribution in [3.8, 4) is 11.5 Å². The quantitative estimate of drug-likeness (QED) is 0.0828. The molecule has 0 aliphatic rings. The SMILES string of the molecule is C=NNC(=NCC(C)c1cccc(CCC=O)c1F)c1cc(Oc2c(F)cc3[nH]ccc3c2F)ccc1F. The summed E-state index contributed by atoms with van der Waals surface area (Å²) in [6.45, 7) is 5.14. The molecule has 0 fully saturated rings. The summed E-state index contributed by atoms with van der Waals surface area (Å²) < 4.78 is 64.6. The first-order valence-electron chi connectivity index (χ1n) is 11.7. The maximum absolute atomic E-state index is 15.0. The van der Waals surface area contributed by atoms with Crippen LogP contribution in [0, 0.1) is 23.3 Å². The Morgan fingerprint density at radius 3 is 2.68 bits per heavy atom. The van der Waals surface area contributed by atoms with Gasteiger partial charge in [-0.2, -0.15) is 5.10 Å². The predicted molar refractivity (Wildman–Crippen MR) is 138 cm³/mol. The fraction of sp³-hybridized carbons (Fsp3) is 0.179. The number of H-pyrrole nitrogens is 1. The molecule has 0 aliphatic carbocycles. The topological polar surface area (TPSA) is 78.8 Å². The molecule has 1 heterocycles. The highest BCUT2D eigenvalue weighted by Gasteiger charge is 2.19. The van der Waals surface area contributed by atoms with Crippen molar-refractivity contribution in [3.05, 3.63) is 94.7 Å². The summed E-state index contributed by atoms with van der Waals surface area (Å²) in [5.41, 5.74) is 3.51. The van der Waals surface area contributed by atoms with E-state index in [1.54, 1.807) is 25.1 Å². The normalized spacial score (nSPS) is 12.4. The Kier molecular flexibility index (Phi) is 8.20. The second-order valence-electron chi connectivity index (χ2n) is 8.57. The Morgan fingerprint density at radius 2 is 1.92 bits per heavy atom. The Hall–Kier alpha value is -4.47. The first-order valence-corrected chi connectivity index (χ1v) is 11.7. The minimum Gasteiger partial charge on any atom is -0.451 e. The molecule has 10 heteroatoms. The fourth-order valence-corrected chi connectivity index (χ4v) is 4.04. The molecular weight excluding hydrogens is 500 g/mol. The van der Waals surface area contributed by atoms with E-state index in [2.05, 4.69) is 27.2 Å². The molecule has 0 radical (unpaired) electrons. The number of ether oxygens (including phenoxy) is 1. The summed E-state index contributed by atoms with van der Waals surface area (Å²) in [6, 6.07) is 11.0. The largest absolute Gasteiger partial charge is 0.451 e. The molecule has 1 atom stereocenters. The van der Waals surface area contributed by atoms with E-state index >= 15 is 0 Å². The smallest absolute Gasteiger partial charge is 0.199 e. The number of rotatable bonds is 10. The molecule has 0 spiro atoms. The van der Waals surface area contributed by atoms with Crippen LogP contribution in [0.3, 0.4) is 0 Å². The highest BCUT2D eigenvalue weighted by molar-refractivity contribution is 5.99. The molecule has 1 aromatic heterocycles. The van der Waals surface area contributed by atoms with Crippen molar-refractivity contribution in [2.24, 2.45) is 10.1 Å². The van der Waals surface area contributed by atoms with Crippen molar-refractivity contribution in [2.75, 3.05) is 6.54 Å². The molecule has 0 saturated carbocycles. The van der Waals surface area contributed by atoms with Crippen molar-refractivity contribution in [1.82, 2.24) is 10.4 Å². The average molecular weight is 525 g/mol. The Balaban J connectivity index is 1.62. The van der Waals surface area contributed by atoms with Gasteiger partial charge in [-0.1, -0.05) is 25.1 Å². The van der Waals surface area contributed by atoms with Crippen LogP contribution in [0.15, 0.2) is 64.8 Å². The molecule has 1 unspecified atom stereocenters. The summed E-state index contributed by atoms with van der Waals surface area (Å²) in [4.78, 5) is 17.8. The summed E-state index contributed by atoms with van der Waals surface area (Å²) in [5, 5.41) is 3.71. The van der Waals surface area contributed by atoms with E-state index in [9.17, 15) is 22.4 Å². The van der Waals surface area contributed by atoms with Crippen molar-refractivity contribution in [2.45, 2.75) is 25.7 Å². The van der Waals surface area contributed by atoms with Gasteiger partial charge in [0.25, 0.3) is 0 Å². The van der Waals surface area contributed by atoms with E-state index in [4.69, 9.17) is 4.74 Å². The minimum absolute atomic E-state index is 0.0330. The molecule has 4 rings (SSSR count). The number of nitrogens with one attached hydrogen (secondary N) is 2. The number of benzene rings is 3. The number of aliphatic imine (C=N–C) groups is 1. The molecular formula is C28H24F4N4O2. The van der Waals surface area contributed by atoms with Gasteiger partial charge in [0.1, 0.15) is 23.7 Å². The molecule has 196 valence electrons. The van der Waals surface area contributed by atoms with Gasteiger partial charge in [0, 0.05) is 43.3 Å². The number of aromatic nitrogens is 1. The molecule has 6 nitrogen and oxygen atoms in total. The number of hydrogen-bond acceptors (Lipinski definition) is 4. The lowest BCUT2D eigenvalue weighted by Gasteiger charge is -2.15. The maximum atomic E-state index is 15.0. The van der Waals surface area contributed by atoms with Gasteiger partial charge in [-0.15, -0.1) is 0 Å². The number of aromatic amines is 1. The molecule has 4 aromatic rings. The summed E-state index contributed by atoms with van der Waals surface area (Å²) in [6.07, 6.45) is 2.69. The number of carbonyl (C=O) groups excluding carboxylic acids is 1. The zero-order valence-electron chi connectivity index (χ0n) is 20.4. The number of carbonyl (C=O) groups is 1. The van der Waals surface area contributed by atoms with Crippen molar-refractivity contribution >= 4 is 29.7 Å². The van der Waals surface area contributed by atoms with Crippen LogP contribution in [0.2, 0.25) is 0 Å². The third-order valence-corrected chi connectivity index (χ3v) is 5.99. The van der Waals surface area contributed by atoms with E-state index in [1.807, 2.05) is 0 Å². The van der Waals surface area contributed by atoms with Crippen LogP contribution in [-0.4, -0.2) is 30.4 Å². The van der Waals surface area contributed by atoms with Crippen LogP contribution in [0.1, 0.15) is 36.0 Å². The zero-order chi connectivity index (χ0) is 27.2. The van der Waals surface area contributed by atoms with Crippen molar-refractivity contribution in [1.29, 1.82) is 0 Å². The van der Waals surface area contributed by atoms with Crippen LogP contribution < -0.4 is 10.2 Å². The minimum atomic E-state index is -0.936. The number of nitrogens with zero attached hydrogens (tertiary/aromatic N) is 2. The van der Waals surface area contributed by atoms with Crippen molar-refractivity contribution < 1.29 is 27.1 Å². The molecule has 0 bridgehead atoms. The second kappa shape index (κ2) is 11.7. The summed E-state index contributed by atoms with van der Waals surface area (Å²) in [7, 11) is 0. The molecule has 38 heavy (non-hydrogen) atoms. The number of halogens is 4. The number of amidine groups is 1. The molecule has 0 saturated heterocycles. The van der Waals surface area contributed by atoms with Gasteiger partial charge in [0.05, 0.1) is 11.1 Å². The van der Waals surface area contributed by atoms with Gasteiger partial charge in [-0.05, 0) is 41.8 Å². The number of hydrazone groups is 1. The van der Waals surface area contributed by atoms with E-state index in [1.165, 1.54) is 24.4 Å². The summed E-state index contributed by atoms with van der Waals surface area (Å²) >= 11 is 0. The number of hydrogen-bond donors (Lipinski definition) is 2. The third kappa shape index (κ3) is 5.59. The number of aryl methyl sites for hydroxylation is 1. The first kappa shape index (κ1) is 26.6. The van der Waals surface area contributed by atoms with Gasteiger partial charge in [-0.3, -0.25) is 10.4 Å². The van der Waals surface area contributed by atoms with E-state index in [-0.39, 0.29) is 47.4 Å². The average Bonchev–Trinajstić information content (AvgIpc) is 3.38. The summed E-state index contributed by atoms with van der Waals surface area (Å²) in [5.74, 6) is -4.09. The van der Waals surface area contributed by atoms with Gasteiger partial charge < -0.3 is 14.5 Å². The van der Waals surface area contributed by atoms with Gasteiger partial charge >= 0.3 is 0 Å². The van der Waals surface area contributed by atoms with Gasteiger partial charge in [0.2, 0.25) is 0 Å². The Labute approximate surface area is 216 Å². The lowest BCUT2D eigenvalue weighted by molar-refractivity contribution is -0.107. The Bertz CT molecular complexity index is 1520. The maximum Gasteiger partial charge on any atom is 0.199 e. The van der Waals surface area contributed by atoms with Gasteiger partial charge in [0.15, 0.2) is 23.2 Å². The van der Waals surface area contributed by atoms with Crippen molar-refractivity contribution in [3.63, 3.8) is 0 Å². The fourth-order valence-electron chi connectivity index (χ4n) is 4.04. The monoisotopic (exact) mass is 524 g/mol. The molecule has 0 aliphatic heterocycles. The first-order chi connectivity index (χ1) is 18.3. The molecule has 0 amide bonds. The predicted octanol–water partition coefficient (Wildman–Crippen LogP) is 6.40. The third-order valence-electron chi connectivity index (χ3n) is 5.99. The van der Waals surface area contributed by atoms with Crippen LogP contribution in [0.4, 0.5) is 17.6 Å². The second-order valence-corrected chi connectivity index (χ2v) is 8.57. The molecule has 2 N–H and O–H groups in total.